The van der Waals surface area contributed by atoms with Crippen molar-refractivity contribution in [3.8, 4) is 0 Å². The standard InChI is InChI=1S/C9H7ClO3/c10-8(11)9(4-2-6-13-9)7-3-1-5-12-7/h1-3,5-6H,4H2. The van der Waals surface area contributed by atoms with Crippen molar-refractivity contribution in [3.63, 3.8) is 0 Å². The van der Waals surface area contributed by atoms with E-state index in [4.69, 9.17) is 20.8 Å². The maximum atomic E-state index is 11.2. The van der Waals surface area contributed by atoms with Gasteiger partial charge in [0.2, 0.25) is 5.60 Å². The van der Waals surface area contributed by atoms with Crippen LogP contribution in [0.1, 0.15) is 12.2 Å². The fourth-order valence-corrected chi connectivity index (χ4v) is 1.53. The number of hydrogen-bond donors (Lipinski definition) is 0. The second-order valence-corrected chi connectivity index (χ2v) is 3.12. The van der Waals surface area contributed by atoms with Gasteiger partial charge in [-0.1, -0.05) is 0 Å². The second kappa shape index (κ2) is 2.92. The fourth-order valence-electron chi connectivity index (χ4n) is 1.32. The first-order valence-electron chi connectivity index (χ1n) is 3.82. The van der Waals surface area contributed by atoms with Gasteiger partial charge in [-0.15, -0.1) is 0 Å². The highest BCUT2D eigenvalue weighted by molar-refractivity contribution is 6.65. The Labute approximate surface area is 79.9 Å². The molecule has 68 valence electrons. The number of ether oxygens (including phenoxy) is 1. The van der Waals surface area contributed by atoms with Crippen molar-refractivity contribution in [1.29, 1.82) is 0 Å². The Kier molecular flexibility index (Phi) is 1.88. The lowest BCUT2D eigenvalue weighted by Crippen LogP contribution is -2.31. The van der Waals surface area contributed by atoms with Gasteiger partial charge in [0.15, 0.2) is 5.76 Å². The molecule has 0 saturated heterocycles. The number of carbonyl (C=O) groups excluding carboxylic acids is 1. The monoisotopic (exact) mass is 198 g/mol. The van der Waals surface area contributed by atoms with Crippen molar-refractivity contribution in [2.75, 3.05) is 0 Å². The topological polar surface area (TPSA) is 39.4 Å². The molecule has 0 aliphatic carbocycles. The zero-order chi connectivity index (χ0) is 9.31. The molecule has 4 heteroatoms. The molecular weight excluding hydrogens is 192 g/mol. The van der Waals surface area contributed by atoms with Crippen LogP contribution in [0.4, 0.5) is 0 Å². The third-order valence-corrected chi connectivity index (χ3v) is 2.31. The Balaban J connectivity index is 2.41. The molecule has 3 nitrogen and oxygen atoms in total. The van der Waals surface area contributed by atoms with Gasteiger partial charge in [-0.3, -0.25) is 4.79 Å². The summed E-state index contributed by atoms with van der Waals surface area (Å²) in [6, 6.07) is 3.37. The lowest BCUT2D eigenvalue weighted by Gasteiger charge is -2.21. The van der Waals surface area contributed by atoms with Gasteiger partial charge >= 0.3 is 0 Å². The summed E-state index contributed by atoms with van der Waals surface area (Å²) in [5.74, 6) is 0.442. The van der Waals surface area contributed by atoms with Crippen LogP contribution >= 0.6 is 11.6 Å². The van der Waals surface area contributed by atoms with Gasteiger partial charge < -0.3 is 9.15 Å². The maximum absolute atomic E-state index is 11.2. The van der Waals surface area contributed by atoms with E-state index in [2.05, 4.69) is 0 Å². The molecule has 0 radical (unpaired) electrons. The minimum Gasteiger partial charge on any atom is -0.478 e. The summed E-state index contributed by atoms with van der Waals surface area (Å²) in [6.45, 7) is 0. The summed E-state index contributed by atoms with van der Waals surface area (Å²) >= 11 is 5.47. The van der Waals surface area contributed by atoms with E-state index in [-0.39, 0.29) is 0 Å². The lowest BCUT2D eigenvalue weighted by atomic mass is 10.00. The van der Waals surface area contributed by atoms with E-state index >= 15 is 0 Å². The minimum atomic E-state index is -1.13. The number of halogens is 1. The Morgan fingerprint density at radius 3 is 2.92 bits per heavy atom. The third kappa shape index (κ3) is 1.16. The van der Waals surface area contributed by atoms with Crippen LogP contribution in [0, 0.1) is 0 Å². The Morgan fingerprint density at radius 2 is 2.46 bits per heavy atom. The normalized spacial score (nSPS) is 25.9. The van der Waals surface area contributed by atoms with E-state index in [0.29, 0.717) is 12.2 Å². The van der Waals surface area contributed by atoms with Crippen LogP contribution in [0.3, 0.4) is 0 Å². The van der Waals surface area contributed by atoms with E-state index < -0.39 is 10.8 Å². The molecule has 2 rings (SSSR count). The quantitative estimate of drug-likeness (QED) is 0.684. The van der Waals surface area contributed by atoms with Crippen molar-refractivity contribution in [3.05, 3.63) is 36.5 Å². The van der Waals surface area contributed by atoms with Crippen LogP contribution in [0.2, 0.25) is 0 Å². The molecule has 0 saturated carbocycles. The predicted molar refractivity (Wildman–Crippen MR) is 46.1 cm³/mol. The lowest BCUT2D eigenvalue weighted by molar-refractivity contribution is -0.130. The SMILES string of the molecule is O=C(Cl)C1(c2ccco2)CC=CO1. The van der Waals surface area contributed by atoms with E-state index in [1.165, 1.54) is 12.5 Å². The molecule has 0 N–H and O–H groups in total. The maximum Gasteiger partial charge on any atom is 0.273 e. The van der Waals surface area contributed by atoms with Gasteiger partial charge in [-0.2, -0.15) is 0 Å². The molecule has 1 aromatic rings. The van der Waals surface area contributed by atoms with Crippen molar-refractivity contribution >= 4 is 16.8 Å². The van der Waals surface area contributed by atoms with Gasteiger partial charge in [0, 0.05) is 6.42 Å². The summed E-state index contributed by atoms with van der Waals surface area (Å²) < 4.78 is 10.3. The molecule has 2 heterocycles. The molecular formula is C9H7ClO3. The highest BCUT2D eigenvalue weighted by atomic mass is 35.5. The molecule has 0 amide bonds. The highest BCUT2D eigenvalue weighted by Gasteiger charge is 2.44. The van der Waals surface area contributed by atoms with Crippen molar-refractivity contribution in [2.24, 2.45) is 0 Å². The van der Waals surface area contributed by atoms with Gasteiger partial charge in [0.25, 0.3) is 5.24 Å². The Bertz CT molecular complexity index is 332. The van der Waals surface area contributed by atoms with E-state index in [9.17, 15) is 4.79 Å². The van der Waals surface area contributed by atoms with Crippen LogP contribution in [-0.2, 0) is 15.1 Å². The summed E-state index contributed by atoms with van der Waals surface area (Å²) in [6.07, 6.45) is 5.10. The number of furan rings is 1. The molecule has 13 heavy (non-hydrogen) atoms. The van der Waals surface area contributed by atoms with Gasteiger partial charge in [0.05, 0.1) is 12.5 Å². The van der Waals surface area contributed by atoms with Gasteiger partial charge in [-0.25, -0.2) is 0 Å². The van der Waals surface area contributed by atoms with Crippen LogP contribution < -0.4 is 0 Å². The smallest absolute Gasteiger partial charge is 0.273 e. The average molecular weight is 199 g/mol. The first-order chi connectivity index (χ1) is 6.26. The molecule has 1 aliphatic heterocycles. The van der Waals surface area contributed by atoms with Gasteiger partial charge in [-0.05, 0) is 29.8 Å². The molecule has 1 aliphatic rings. The van der Waals surface area contributed by atoms with Crippen molar-refractivity contribution in [1.82, 2.24) is 0 Å². The van der Waals surface area contributed by atoms with Crippen LogP contribution in [0.15, 0.2) is 35.2 Å². The van der Waals surface area contributed by atoms with Crippen LogP contribution in [0.25, 0.3) is 0 Å². The van der Waals surface area contributed by atoms with Crippen LogP contribution in [0.5, 0.6) is 0 Å². The molecule has 0 spiro atoms. The molecule has 0 aromatic carbocycles. The molecule has 1 aromatic heterocycles. The minimum absolute atomic E-state index is 0.419. The molecule has 1 atom stereocenters. The first kappa shape index (κ1) is 8.38. The predicted octanol–water partition coefficient (Wildman–Crippen LogP) is 2.17. The second-order valence-electron chi connectivity index (χ2n) is 2.77. The highest BCUT2D eigenvalue weighted by Crippen LogP contribution is 2.36. The van der Waals surface area contributed by atoms with E-state index in [1.807, 2.05) is 0 Å². The molecule has 1 unspecified atom stereocenters. The zero-order valence-electron chi connectivity index (χ0n) is 6.70. The van der Waals surface area contributed by atoms with Crippen molar-refractivity contribution < 1.29 is 13.9 Å². The summed E-state index contributed by atoms with van der Waals surface area (Å²) in [7, 11) is 0. The Morgan fingerprint density at radius 1 is 1.62 bits per heavy atom. The van der Waals surface area contributed by atoms with Crippen LogP contribution in [-0.4, -0.2) is 5.24 Å². The Hall–Kier alpha value is -1.22. The first-order valence-corrected chi connectivity index (χ1v) is 4.20. The van der Waals surface area contributed by atoms with Crippen molar-refractivity contribution in [2.45, 2.75) is 12.0 Å². The zero-order valence-corrected chi connectivity index (χ0v) is 7.45. The van der Waals surface area contributed by atoms with E-state index in [1.54, 1.807) is 18.2 Å². The summed E-state index contributed by atoms with van der Waals surface area (Å²) in [5, 5.41) is -0.563. The average Bonchev–Trinajstić information content (AvgIpc) is 2.75. The summed E-state index contributed by atoms with van der Waals surface area (Å²) in [5.41, 5.74) is -1.13. The number of carbonyl (C=O) groups is 1. The molecule has 0 fully saturated rings. The number of hydrogen-bond acceptors (Lipinski definition) is 3. The van der Waals surface area contributed by atoms with Gasteiger partial charge in [0.1, 0.15) is 0 Å². The fraction of sp³-hybridized carbons (Fsp3) is 0.222. The number of rotatable bonds is 2. The third-order valence-electron chi connectivity index (χ3n) is 2.01. The summed E-state index contributed by atoms with van der Waals surface area (Å²) in [4.78, 5) is 11.2. The largest absolute Gasteiger partial charge is 0.478 e. The molecule has 0 bridgehead atoms. The van der Waals surface area contributed by atoms with E-state index in [0.717, 1.165) is 0 Å².